The monoisotopic (exact) mass is 423 g/mol. The number of sulfone groups is 1. The Morgan fingerprint density at radius 2 is 1.87 bits per heavy atom. The number of nitrogens with zero attached hydrogens (tertiary/aromatic N) is 3. The summed E-state index contributed by atoms with van der Waals surface area (Å²) >= 11 is 0. The minimum absolute atomic E-state index is 0.250. The maximum atomic E-state index is 12.3. The normalized spacial score (nSPS) is 15.0. The maximum Gasteiger partial charge on any atom is 0.176 e. The van der Waals surface area contributed by atoms with E-state index in [0.717, 1.165) is 37.7 Å². The molecule has 8 nitrogen and oxygen atoms in total. The molecular formula is C21H21N5O3S. The SMILES string of the molecule is CS(=O)(=O)c1cccc2nc(Nc3ccc(N4CCOCC4)cc3)c3[nH]ncc3c12. The average Bonchev–Trinajstić information content (AvgIpc) is 3.24. The number of hydrogen-bond acceptors (Lipinski definition) is 7. The van der Waals surface area contributed by atoms with Gasteiger partial charge in [0.25, 0.3) is 0 Å². The highest BCUT2D eigenvalue weighted by Gasteiger charge is 2.18. The lowest BCUT2D eigenvalue weighted by Crippen LogP contribution is -2.36. The first-order valence-electron chi connectivity index (χ1n) is 9.66. The molecule has 0 atom stereocenters. The van der Waals surface area contributed by atoms with E-state index in [1.165, 1.54) is 6.26 Å². The number of fused-ring (bicyclic) bond motifs is 3. The molecule has 3 heterocycles. The molecule has 0 amide bonds. The predicted octanol–water partition coefficient (Wildman–Crippen LogP) is 3.09. The number of aromatic nitrogens is 3. The van der Waals surface area contributed by atoms with Gasteiger partial charge < -0.3 is 15.0 Å². The van der Waals surface area contributed by atoms with E-state index in [9.17, 15) is 8.42 Å². The van der Waals surface area contributed by atoms with Gasteiger partial charge in [0.05, 0.1) is 29.8 Å². The molecule has 154 valence electrons. The van der Waals surface area contributed by atoms with Crippen LogP contribution in [0.1, 0.15) is 0 Å². The van der Waals surface area contributed by atoms with Gasteiger partial charge in [0.1, 0.15) is 5.52 Å². The van der Waals surface area contributed by atoms with Crippen molar-refractivity contribution in [2.45, 2.75) is 4.90 Å². The molecule has 1 saturated heterocycles. The van der Waals surface area contributed by atoms with Crippen LogP contribution in [0.3, 0.4) is 0 Å². The van der Waals surface area contributed by atoms with Crippen LogP contribution in [-0.2, 0) is 14.6 Å². The molecule has 1 aliphatic rings. The number of aromatic amines is 1. The van der Waals surface area contributed by atoms with Gasteiger partial charge in [-0.2, -0.15) is 5.10 Å². The molecule has 0 aliphatic carbocycles. The first-order chi connectivity index (χ1) is 14.5. The summed E-state index contributed by atoms with van der Waals surface area (Å²) in [4.78, 5) is 7.23. The van der Waals surface area contributed by atoms with Crippen LogP contribution in [0.2, 0.25) is 0 Å². The standard InChI is InChI=1S/C21H21N5O3S/c1-30(27,28)18-4-2-3-17-19(18)16-13-22-25-20(16)21(24-17)23-14-5-7-15(8-6-14)26-9-11-29-12-10-26/h2-8,13H,9-12H2,1H3,(H,22,25)(H,23,24). The first-order valence-corrected chi connectivity index (χ1v) is 11.6. The number of hydrogen-bond donors (Lipinski definition) is 2. The first kappa shape index (κ1) is 18.8. The largest absolute Gasteiger partial charge is 0.378 e. The number of morpholine rings is 1. The molecule has 0 spiro atoms. The molecule has 2 N–H and O–H groups in total. The van der Waals surface area contributed by atoms with E-state index in [0.29, 0.717) is 27.6 Å². The third-order valence-corrected chi connectivity index (χ3v) is 6.43. The van der Waals surface area contributed by atoms with E-state index in [2.05, 4.69) is 37.5 Å². The van der Waals surface area contributed by atoms with E-state index in [-0.39, 0.29) is 4.90 Å². The van der Waals surface area contributed by atoms with Crippen LogP contribution in [-0.4, -0.2) is 56.2 Å². The van der Waals surface area contributed by atoms with Crippen LogP contribution < -0.4 is 10.2 Å². The highest BCUT2D eigenvalue weighted by molar-refractivity contribution is 7.91. The van der Waals surface area contributed by atoms with Crippen molar-refractivity contribution in [3.63, 3.8) is 0 Å². The lowest BCUT2D eigenvalue weighted by atomic mass is 10.1. The van der Waals surface area contributed by atoms with Gasteiger partial charge in [0, 0.05) is 41.5 Å². The highest BCUT2D eigenvalue weighted by atomic mass is 32.2. The maximum absolute atomic E-state index is 12.3. The summed E-state index contributed by atoms with van der Waals surface area (Å²) < 4.78 is 29.9. The Morgan fingerprint density at radius 1 is 1.10 bits per heavy atom. The summed E-state index contributed by atoms with van der Waals surface area (Å²) in [5.41, 5.74) is 3.30. The molecule has 2 aromatic carbocycles. The summed E-state index contributed by atoms with van der Waals surface area (Å²) in [5.74, 6) is 0.597. The van der Waals surface area contributed by atoms with Gasteiger partial charge in [0.15, 0.2) is 15.7 Å². The van der Waals surface area contributed by atoms with Gasteiger partial charge in [-0.3, -0.25) is 5.10 Å². The van der Waals surface area contributed by atoms with E-state index in [4.69, 9.17) is 4.74 Å². The van der Waals surface area contributed by atoms with Gasteiger partial charge in [-0.05, 0) is 36.4 Å². The van der Waals surface area contributed by atoms with Crippen LogP contribution >= 0.6 is 0 Å². The molecule has 0 saturated carbocycles. The zero-order valence-electron chi connectivity index (χ0n) is 16.4. The fourth-order valence-corrected chi connectivity index (χ4v) is 4.74. The summed E-state index contributed by atoms with van der Waals surface area (Å²) in [5, 5.41) is 11.7. The van der Waals surface area contributed by atoms with Crippen molar-refractivity contribution in [3.05, 3.63) is 48.7 Å². The van der Waals surface area contributed by atoms with E-state index in [1.54, 1.807) is 18.3 Å². The number of ether oxygens (including phenoxy) is 1. The Morgan fingerprint density at radius 3 is 2.60 bits per heavy atom. The lowest BCUT2D eigenvalue weighted by molar-refractivity contribution is 0.122. The van der Waals surface area contributed by atoms with Crippen LogP contribution in [0.25, 0.3) is 21.8 Å². The molecule has 0 unspecified atom stereocenters. The van der Waals surface area contributed by atoms with E-state index >= 15 is 0 Å². The number of pyridine rings is 1. The lowest BCUT2D eigenvalue weighted by Gasteiger charge is -2.28. The predicted molar refractivity (Wildman–Crippen MR) is 117 cm³/mol. The molecule has 1 fully saturated rings. The van der Waals surface area contributed by atoms with Crippen molar-refractivity contribution in [2.75, 3.05) is 42.8 Å². The van der Waals surface area contributed by atoms with Crippen molar-refractivity contribution >= 4 is 48.8 Å². The Hall–Kier alpha value is -3.17. The fraction of sp³-hybridized carbons (Fsp3) is 0.238. The Labute approximate surface area is 173 Å². The molecule has 30 heavy (non-hydrogen) atoms. The minimum atomic E-state index is -3.40. The van der Waals surface area contributed by atoms with Crippen molar-refractivity contribution < 1.29 is 13.2 Å². The van der Waals surface area contributed by atoms with Crippen molar-refractivity contribution in [3.8, 4) is 0 Å². The molecule has 1 aliphatic heterocycles. The van der Waals surface area contributed by atoms with E-state index < -0.39 is 9.84 Å². The topological polar surface area (TPSA) is 100 Å². The van der Waals surface area contributed by atoms with E-state index in [1.807, 2.05) is 18.2 Å². The average molecular weight is 423 g/mol. The second-order valence-electron chi connectivity index (χ2n) is 7.31. The highest BCUT2D eigenvalue weighted by Crippen LogP contribution is 2.33. The van der Waals surface area contributed by atoms with Crippen LogP contribution in [0.15, 0.2) is 53.6 Å². The summed E-state index contributed by atoms with van der Waals surface area (Å²) in [7, 11) is -3.40. The molecule has 0 bridgehead atoms. The number of rotatable bonds is 4. The molecule has 9 heteroatoms. The molecule has 0 radical (unpaired) electrons. The number of anilines is 3. The van der Waals surface area contributed by atoms with Crippen molar-refractivity contribution in [1.82, 2.24) is 15.2 Å². The van der Waals surface area contributed by atoms with Crippen LogP contribution in [0.5, 0.6) is 0 Å². The molecule has 2 aromatic heterocycles. The van der Waals surface area contributed by atoms with Gasteiger partial charge in [-0.25, -0.2) is 13.4 Å². The summed E-state index contributed by atoms with van der Waals surface area (Å²) in [6.07, 6.45) is 2.84. The van der Waals surface area contributed by atoms with Gasteiger partial charge in [-0.15, -0.1) is 0 Å². The smallest absolute Gasteiger partial charge is 0.176 e. The quantitative estimate of drug-likeness (QED) is 0.520. The van der Waals surface area contributed by atoms with Crippen molar-refractivity contribution in [1.29, 1.82) is 0 Å². The molecule has 5 rings (SSSR count). The second kappa shape index (κ2) is 7.26. The fourth-order valence-electron chi connectivity index (χ4n) is 3.83. The van der Waals surface area contributed by atoms with Gasteiger partial charge in [0.2, 0.25) is 0 Å². The van der Waals surface area contributed by atoms with Gasteiger partial charge >= 0.3 is 0 Å². The van der Waals surface area contributed by atoms with Crippen LogP contribution in [0.4, 0.5) is 17.2 Å². The third-order valence-electron chi connectivity index (χ3n) is 5.29. The third kappa shape index (κ3) is 3.35. The van der Waals surface area contributed by atoms with Gasteiger partial charge in [-0.1, -0.05) is 6.07 Å². The summed E-state index contributed by atoms with van der Waals surface area (Å²) in [6.45, 7) is 3.26. The molecule has 4 aromatic rings. The van der Waals surface area contributed by atoms with Crippen molar-refractivity contribution in [2.24, 2.45) is 0 Å². The number of nitrogens with one attached hydrogen (secondary N) is 2. The summed E-state index contributed by atoms with van der Waals surface area (Å²) in [6, 6.07) is 13.3. The molecular weight excluding hydrogens is 402 g/mol. The zero-order valence-corrected chi connectivity index (χ0v) is 17.2. The second-order valence-corrected chi connectivity index (χ2v) is 9.30. The number of benzene rings is 2. The zero-order chi connectivity index (χ0) is 20.7. The Balaban J connectivity index is 1.54. The minimum Gasteiger partial charge on any atom is -0.378 e. The Bertz CT molecular complexity index is 1330. The number of H-pyrrole nitrogens is 1. The van der Waals surface area contributed by atoms with Crippen LogP contribution in [0, 0.1) is 0 Å². The Kier molecular flexibility index (Phi) is 4.56.